The summed E-state index contributed by atoms with van der Waals surface area (Å²) in [4.78, 5) is 0.938. The minimum Gasteiger partial charge on any atom is -0.393 e. The Balaban J connectivity index is 1.47. The van der Waals surface area contributed by atoms with Crippen LogP contribution in [-0.2, 0) is 5.60 Å². The lowest BCUT2D eigenvalue weighted by molar-refractivity contribution is -0.165. The Bertz CT molecular complexity index is 765. The molecule has 1 aromatic carbocycles. The number of aliphatic hydroxyl groups is 2. The summed E-state index contributed by atoms with van der Waals surface area (Å²) in [6, 6.07) is 8.18. The van der Waals surface area contributed by atoms with Crippen molar-refractivity contribution in [3.63, 3.8) is 0 Å². The van der Waals surface area contributed by atoms with Gasteiger partial charge in [0.15, 0.2) is 0 Å². The smallest absolute Gasteiger partial charge is 0.0902 e. The molecule has 0 heterocycles. The Hall–Kier alpha value is -0.510. The van der Waals surface area contributed by atoms with Gasteiger partial charge in [-0.05, 0) is 110 Å². The summed E-state index contributed by atoms with van der Waals surface area (Å²) in [6.45, 7) is 4.85. The van der Waals surface area contributed by atoms with Crippen LogP contribution >= 0.6 is 12.6 Å². The van der Waals surface area contributed by atoms with Crippen molar-refractivity contribution in [1.29, 1.82) is 0 Å². The molecule has 4 saturated carbocycles. The monoisotopic (exact) mass is 400 g/mol. The van der Waals surface area contributed by atoms with E-state index in [9.17, 15) is 10.2 Å². The number of fused-ring (bicyclic) bond motifs is 5. The predicted octanol–water partition coefficient (Wildman–Crippen LogP) is 5.57. The van der Waals surface area contributed by atoms with Gasteiger partial charge >= 0.3 is 0 Å². The van der Waals surface area contributed by atoms with Crippen molar-refractivity contribution >= 4 is 12.6 Å². The summed E-state index contributed by atoms with van der Waals surface area (Å²) in [7, 11) is 0. The van der Waals surface area contributed by atoms with Crippen molar-refractivity contribution in [3.05, 3.63) is 29.8 Å². The maximum Gasteiger partial charge on any atom is 0.0902 e. The third-order valence-corrected chi connectivity index (χ3v) is 10.3. The lowest BCUT2D eigenvalue weighted by Crippen LogP contribution is -2.56. The second-order valence-electron chi connectivity index (χ2n) is 11.1. The van der Waals surface area contributed by atoms with Gasteiger partial charge < -0.3 is 10.2 Å². The number of aliphatic hydroxyl groups excluding tert-OH is 1. The average Bonchev–Trinajstić information content (AvgIpc) is 2.96. The molecule has 0 spiro atoms. The number of thiol groups is 1. The van der Waals surface area contributed by atoms with Crippen LogP contribution < -0.4 is 0 Å². The van der Waals surface area contributed by atoms with E-state index in [0.29, 0.717) is 11.8 Å². The fourth-order valence-corrected chi connectivity index (χ4v) is 8.66. The van der Waals surface area contributed by atoms with E-state index in [1.807, 2.05) is 12.1 Å². The highest BCUT2D eigenvalue weighted by molar-refractivity contribution is 7.80. The van der Waals surface area contributed by atoms with Crippen LogP contribution in [0.15, 0.2) is 29.2 Å². The molecule has 2 N–H and O–H groups in total. The van der Waals surface area contributed by atoms with E-state index in [4.69, 9.17) is 0 Å². The molecule has 0 saturated heterocycles. The van der Waals surface area contributed by atoms with Crippen molar-refractivity contribution in [1.82, 2.24) is 0 Å². The molecule has 4 fully saturated rings. The minimum atomic E-state index is -0.720. The molecule has 4 aliphatic carbocycles. The van der Waals surface area contributed by atoms with Gasteiger partial charge in [-0.1, -0.05) is 26.0 Å². The molecular formula is C25H36O2S. The first kappa shape index (κ1) is 19.5. The molecule has 0 bridgehead atoms. The highest BCUT2D eigenvalue weighted by atomic mass is 32.1. The molecule has 0 aromatic heterocycles. The molecular weight excluding hydrogens is 364 g/mol. The second-order valence-corrected chi connectivity index (χ2v) is 11.6. The minimum absolute atomic E-state index is 0.106. The molecule has 0 aliphatic heterocycles. The first-order valence-electron chi connectivity index (χ1n) is 11.5. The third-order valence-electron chi connectivity index (χ3n) is 9.98. The normalized spacial score (nSPS) is 50.5. The molecule has 4 aliphatic rings. The van der Waals surface area contributed by atoms with E-state index in [-0.39, 0.29) is 16.9 Å². The molecule has 154 valence electrons. The largest absolute Gasteiger partial charge is 0.393 e. The van der Waals surface area contributed by atoms with E-state index < -0.39 is 5.60 Å². The van der Waals surface area contributed by atoms with Crippen LogP contribution in [0.3, 0.4) is 0 Å². The van der Waals surface area contributed by atoms with E-state index >= 15 is 0 Å². The van der Waals surface area contributed by atoms with Gasteiger partial charge in [0.2, 0.25) is 0 Å². The Morgan fingerprint density at radius 3 is 2.50 bits per heavy atom. The van der Waals surface area contributed by atoms with Crippen LogP contribution in [0, 0.1) is 34.5 Å². The molecule has 3 heteroatoms. The number of hydrogen-bond acceptors (Lipinski definition) is 3. The average molecular weight is 401 g/mol. The summed E-state index contributed by atoms with van der Waals surface area (Å²) < 4.78 is 0. The van der Waals surface area contributed by atoms with Gasteiger partial charge in [0.05, 0.1) is 11.7 Å². The van der Waals surface area contributed by atoms with Crippen molar-refractivity contribution in [2.24, 2.45) is 34.5 Å². The summed E-state index contributed by atoms with van der Waals surface area (Å²) in [5, 5.41) is 22.4. The molecule has 0 amide bonds. The predicted molar refractivity (Wildman–Crippen MR) is 115 cm³/mol. The maximum atomic E-state index is 11.8. The van der Waals surface area contributed by atoms with Crippen molar-refractivity contribution in [2.75, 3.05) is 0 Å². The molecule has 2 nitrogen and oxygen atoms in total. The summed E-state index contributed by atoms with van der Waals surface area (Å²) in [5.41, 5.74) is 0.674. The third kappa shape index (κ3) is 2.68. The second kappa shape index (κ2) is 6.49. The lowest BCUT2D eigenvalue weighted by atomic mass is 9.43. The van der Waals surface area contributed by atoms with Crippen LogP contribution in [0.4, 0.5) is 0 Å². The fourth-order valence-electron chi connectivity index (χ4n) is 8.43. The topological polar surface area (TPSA) is 40.5 Å². The van der Waals surface area contributed by atoms with E-state index in [2.05, 4.69) is 38.6 Å². The van der Waals surface area contributed by atoms with Crippen LogP contribution in [0.2, 0.25) is 0 Å². The van der Waals surface area contributed by atoms with Crippen LogP contribution in [0.25, 0.3) is 0 Å². The molecule has 0 radical (unpaired) electrons. The Morgan fingerprint density at radius 2 is 1.71 bits per heavy atom. The first-order valence-corrected chi connectivity index (χ1v) is 11.9. The fraction of sp³-hybridized carbons (Fsp3) is 0.760. The van der Waals surface area contributed by atoms with Gasteiger partial charge in [-0.25, -0.2) is 0 Å². The SMILES string of the molecule is C[C@]12CC(O)(c3cccc(S)c3)CCC1CC[C@@H]1[C@H]2CC[C@]2(C)C(O)CC[C@@H]12. The number of hydrogen-bond donors (Lipinski definition) is 3. The lowest BCUT2D eigenvalue weighted by Gasteiger charge is -2.62. The number of benzene rings is 1. The van der Waals surface area contributed by atoms with Gasteiger partial charge in [-0.3, -0.25) is 0 Å². The van der Waals surface area contributed by atoms with E-state index in [1.54, 1.807) is 0 Å². The zero-order chi connectivity index (χ0) is 19.7. The molecule has 28 heavy (non-hydrogen) atoms. The highest BCUT2D eigenvalue weighted by Crippen LogP contribution is 2.67. The van der Waals surface area contributed by atoms with Gasteiger partial charge in [-0.15, -0.1) is 12.6 Å². The van der Waals surface area contributed by atoms with Crippen LogP contribution in [0.1, 0.15) is 77.2 Å². The molecule has 5 rings (SSSR count). The van der Waals surface area contributed by atoms with Crippen LogP contribution in [-0.4, -0.2) is 16.3 Å². The molecule has 3 unspecified atom stereocenters. The Kier molecular flexibility index (Phi) is 4.51. The zero-order valence-corrected chi connectivity index (χ0v) is 18.3. The van der Waals surface area contributed by atoms with Gasteiger partial charge in [0.1, 0.15) is 0 Å². The van der Waals surface area contributed by atoms with Gasteiger partial charge in [-0.2, -0.15) is 0 Å². The van der Waals surface area contributed by atoms with Crippen molar-refractivity contribution in [3.8, 4) is 0 Å². The summed E-state index contributed by atoms with van der Waals surface area (Å²) >= 11 is 4.52. The molecule has 8 atom stereocenters. The number of rotatable bonds is 1. The Morgan fingerprint density at radius 1 is 0.929 bits per heavy atom. The standard InChI is InChI=1S/C25H36O2S/c1-23-12-11-21-19(20(23)8-9-22(23)26)7-6-16-10-13-25(27,15-24(16,21)2)17-4-3-5-18(28)14-17/h3-5,14,16,19-22,26-28H,6-13,15H2,1-2H3/t16?,19-,20-,21+,22?,23-,24-,25?/m0/s1. The zero-order valence-electron chi connectivity index (χ0n) is 17.4. The maximum absolute atomic E-state index is 11.8. The molecule has 1 aromatic rings. The van der Waals surface area contributed by atoms with Gasteiger partial charge in [0, 0.05) is 4.90 Å². The van der Waals surface area contributed by atoms with E-state index in [0.717, 1.165) is 54.4 Å². The highest BCUT2D eigenvalue weighted by Gasteiger charge is 2.61. The van der Waals surface area contributed by atoms with E-state index in [1.165, 1.54) is 25.7 Å². The summed E-state index contributed by atoms with van der Waals surface area (Å²) in [5.74, 6) is 2.84. The van der Waals surface area contributed by atoms with Crippen molar-refractivity contribution in [2.45, 2.75) is 88.2 Å². The first-order chi connectivity index (χ1) is 13.3. The quantitative estimate of drug-likeness (QED) is 0.540. The summed E-state index contributed by atoms with van der Waals surface area (Å²) in [6.07, 6.45) is 10.0. The van der Waals surface area contributed by atoms with Gasteiger partial charge in [0.25, 0.3) is 0 Å². The Labute approximate surface area is 175 Å². The van der Waals surface area contributed by atoms with Crippen molar-refractivity contribution < 1.29 is 10.2 Å². The van der Waals surface area contributed by atoms with Crippen LogP contribution in [0.5, 0.6) is 0 Å².